The third-order valence-electron chi connectivity index (χ3n) is 5.56. The fraction of sp³-hybridized carbons (Fsp3) is 0.286. The molecule has 0 saturated carbocycles. The van der Waals surface area contributed by atoms with Crippen LogP contribution in [0.2, 0.25) is 0 Å². The van der Waals surface area contributed by atoms with Gasteiger partial charge in [-0.2, -0.15) is 4.52 Å². The maximum Gasteiger partial charge on any atom is 0.274 e. The van der Waals surface area contributed by atoms with E-state index in [2.05, 4.69) is 30.6 Å². The molecule has 1 aliphatic heterocycles. The summed E-state index contributed by atoms with van der Waals surface area (Å²) in [7, 11) is 2.01. The second-order valence-corrected chi connectivity index (χ2v) is 7.49. The van der Waals surface area contributed by atoms with Crippen molar-refractivity contribution in [3.8, 4) is 11.4 Å². The van der Waals surface area contributed by atoms with Gasteiger partial charge in [0.15, 0.2) is 11.5 Å². The fourth-order valence-corrected chi connectivity index (χ4v) is 3.85. The minimum atomic E-state index is -0.178. The van der Waals surface area contributed by atoms with E-state index in [1.54, 1.807) is 0 Å². The van der Waals surface area contributed by atoms with Gasteiger partial charge in [0.2, 0.25) is 0 Å². The topological polar surface area (TPSA) is 81.2 Å². The molecule has 4 aromatic heterocycles. The smallest absolute Gasteiger partial charge is 0.274 e. The molecule has 0 fully saturated rings. The lowest BCUT2D eigenvalue weighted by molar-refractivity contribution is 0.685. The lowest BCUT2D eigenvalue weighted by Crippen LogP contribution is -2.33. The Morgan fingerprint density at radius 3 is 2.72 bits per heavy atom. The van der Waals surface area contributed by atoms with Crippen molar-refractivity contribution < 1.29 is 0 Å². The van der Waals surface area contributed by atoms with Gasteiger partial charge in [-0.25, -0.2) is 9.97 Å². The van der Waals surface area contributed by atoms with E-state index in [1.807, 2.05) is 39.4 Å². The Kier molecular flexibility index (Phi) is 3.94. The molecule has 0 spiro atoms. The van der Waals surface area contributed by atoms with Gasteiger partial charge in [0, 0.05) is 68.2 Å². The molecule has 0 radical (unpaired) electrons. The van der Waals surface area contributed by atoms with Crippen molar-refractivity contribution in [2.45, 2.75) is 26.8 Å². The van der Waals surface area contributed by atoms with Gasteiger partial charge in [0.25, 0.3) is 5.56 Å². The van der Waals surface area contributed by atoms with E-state index in [0.29, 0.717) is 12.2 Å². The molecular weight excluding hydrogens is 366 g/mol. The maximum atomic E-state index is 12.2. The van der Waals surface area contributed by atoms with Crippen LogP contribution in [0.1, 0.15) is 22.5 Å². The minimum absolute atomic E-state index is 0.178. The highest BCUT2D eigenvalue weighted by atomic mass is 16.1. The third kappa shape index (κ3) is 2.88. The molecule has 0 aromatic carbocycles. The van der Waals surface area contributed by atoms with Crippen LogP contribution in [0.25, 0.3) is 17.0 Å². The molecule has 5 rings (SSSR count). The van der Waals surface area contributed by atoms with Crippen LogP contribution in [0, 0.1) is 13.8 Å². The summed E-state index contributed by atoms with van der Waals surface area (Å²) in [5, 5.41) is 4.60. The zero-order valence-corrected chi connectivity index (χ0v) is 16.6. The average Bonchev–Trinajstić information content (AvgIpc) is 3.05. The van der Waals surface area contributed by atoms with E-state index in [-0.39, 0.29) is 5.56 Å². The number of imidazole rings is 1. The van der Waals surface area contributed by atoms with Crippen LogP contribution in [0.15, 0.2) is 41.6 Å². The van der Waals surface area contributed by atoms with Gasteiger partial charge in [-0.1, -0.05) is 0 Å². The quantitative estimate of drug-likeness (QED) is 0.524. The van der Waals surface area contributed by atoms with Crippen molar-refractivity contribution in [3.63, 3.8) is 0 Å². The first-order chi connectivity index (χ1) is 14.0. The molecule has 4 aromatic rings. The molecule has 0 atom stereocenters. The predicted octanol–water partition coefficient (Wildman–Crippen LogP) is 2.06. The van der Waals surface area contributed by atoms with Gasteiger partial charge in [-0.3, -0.25) is 9.78 Å². The summed E-state index contributed by atoms with van der Waals surface area (Å²) < 4.78 is 3.43. The lowest BCUT2D eigenvalue weighted by atomic mass is 10.0. The molecule has 0 saturated heterocycles. The van der Waals surface area contributed by atoms with Crippen molar-refractivity contribution in [1.82, 2.24) is 29.1 Å². The summed E-state index contributed by atoms with van der Waals surface area (Å²) in [5.41, 5.74) is 5.75. The Morgan fingerprint density at radius 1 is 1.07 bits per heavy atom. The summed E-state index contributed by atoms with van der Waals surface area (Å²) in [5.74, 6) is 1.71. The molecule has 5 heterocycles. The first-order valence-electron chi connectivity index (χ1n) is 9.58. The molecule has 29 heavy (non-hydrogen) atoms. The maximum absolute atomic E-state index is 12.2. The van der Waals surface area contributed by atoms with E-state index in [9.17, 15) is 4.79 Å². The van der Waals surface area contributed by atoms with Crippen LogP contribution in [0.5, 0.6) is 0 Å². The van der Waals surface area contributed by atoms with Crippen molar-refractivity contribution >= 4 is 11.5 Å². The molecule has 1 aliphatic rings. The second kappa shape index (κ2) is 6.51. The highest BCUT2D eigenvalue weighted by molar-refractivity contribution is 5.59. The van der Waals surface area contributed by atoms with E-state index in [4.69, 9.17) is 4.98 Å². The number of nitrogens with zero attached hydrogens (tertiary/aromatic N) is 7. The standard InChI is InChI=1S/C21H21N7O/c1-13-8-18-22-6-4-19(29)28(18)25-20(13)27-7-5-17-16(12-27)9-15(11-23-17)21-24-10-14(2)26(21)3/h4,6,8-11H,5,7,12H2,1-3H3. The first kappa shape index (κ1) is 17.5. The van der Waals surface area contributed by atoms with Crippen molar-refractivity contribution in [2.75, 3.05) is 11.4 Å². The zero-order chi connectivity index (χ0) is 20.1. The lowest BCUT2D eigenvalue weighted by Gasteiger charge is -2.30. The van der Waals surface area contributed by atoms with E-state index in [1.165, 1.54) is 16.8 Å². The van der Waals surface area contributed by atoms with Crippen molar-refractivity contribution in [2.24, 2.45) is 7.05 Å². The third-order valence-corrected chi connectivity index (χ3v) is 5.56. The first-order valence-corrected chi connectivity index (χ1v) is 9.58. The van der Waals surface area contributed by atoms with Gasteiger partial charge in [0.1, 0.15) is 5.82 Å². The summed E-state index contributed by atoms with van der Waals surface area (Å²) in [6.07, 6.45) is 6.12. The van der Waals surface area contributed by atoms with Crippen LogP contribution in [0.4, 0.5) is 5.82 Å². The molecule has 8 heteroatoms. The van der Waals surface area contributed by atoms with Gasteiger partial charge in [0.05, 0.1) is 0 Å². The molecule has 0 amide bonds. The van der Waals surface area contributed by atoms with Crippen LogP contribution in [-0.2, 0) is 20.0 Å². The van der Waals surface area contributed by atoms with Gasteiger partial charge >= 0.3 is 0 Å². The largest absolute Gasteiger partial charge is 0.350 e. The van der Waals surface area contributed by atoms with Gasteiger partial charge in [-0.05, 0) is 37.1 Å². The highest BCUT2D eigenvalue weighted by Crippen LogP contribution is 2.27. The number of fused-ring (bicyclic) bond motifs is 2. The van der Waals surface area contributed by atoms with Crippen LogP contribution in [-0.4, -0.2) is 35.7 Å². The average molecular weight is 387 g/mol. The van der Waals surface area contributed by atoms with Crippen molar-refractivity contribution in [3.05, 3.63) is 69.7 Å². The van der Waals surface area contributed by atoms with E-state index < -0.39 is 0 Å². The number of aromatic nitrogens is 6. The Morgan fingerprint density at radius 2 is 1.93 bits per heavy atom. The van der Waals surface area contributed by atoms with Crippen molar-refractivity contribution in [1.29, 1.82) is 0 Å². The monoisotopic (exact) mass is 387 g/mol. The molecule has 0 N–H and O–H groups in total. The number of pyridine rings is 1. The van der Waals surface area contributed by atoms with E-state index >= 15 is 0 Å². The Bertz CT molecular complexity index is 1300. The molecule has 146 valence electrons. The van der Waals surface area contributed by atoms with Gasteiger partial charge < -0.3 is 9.47 Å². The SMILES string of the molecule is Cc1cc2nccc(=O)n2nc1N1CCc2ncc(-c3ncc(C)n3C)cc2C1. The second-order valence-electron chi connectivity index (χ2n) is 7.49. The van der Waals surface area contributed by atoms with Gasteiger partial charge in [-0.15, -0.1) is 5.10 Å². The number of anilines is 1. The molecule has 8 nitrogen and oxygen atoms in total. The minimum Gasteiger partial charge on any atom is -0.350 e. The molecule has 0 bridgehead atoms. The number of hydrogen-bond acceptors (Lipinski definition) is 6. The molecule has 0 aliphatic carbocycles. The summed E-state index contributed by atoms with van der Waals surface area (Å²) in [4.78, 5) is 27.8. The normalized spacial score (nSPS) is 13.7. The Labute approximate surface area is 167 Å². The summed E-state index contributed by atoms with van der Waals surface area (Å²) in [6, 6.07) is 5.50. The zero-order valence-electron chi connectivity index (χ0n) is 16.6. The number of rotatable bonds is 2. The predicted molar refractivity (Wildman–Crippen MR) is 110 cm³/mol. The molecule has 0 unspecified atom stereocenters. The van der Waals surface area contributed by atoms with Crippen LogP contribution in [0.3, 0.4) is 0 Å². The Balaban J connectivity index is 1.54. The van der Waals surface area contributed by atoms with Crippen LogP contribution >= 0.6 is 0 Å². The molecular formula is C21H21N7O. The fourth-order valence-electron chi connectivity index (χ4n) is 3.85. The Hall–Kier alpha value is -3.55. The summed E-state index contributed by atoms with van der Waals surface area (Å²) >= 11 is 0. The summed E-state index contributed by atoms with van der Waals surface area (Å²) in [6.45, 7) is 5.53. The van der Waals surface area contributed by atoms with Crippen LogP contribution < -0.4 is 10.5 Å². The number of aryl methyl sites for hydroxylation is 2. The van der Waals surface area contributed by atoms with E-state index in [0.717, 1.165) is 52.7 Å². The number of hydrogen-bond donors (Lipinski definition) is 0. The highest BCUT2D eigenvalue weighted by Gasteiger charge is 2.22.